The van der Waals surface area contributed by atoms with Crippen LogP contribution in [0.15, 0.2) is 35.5 Å². The number of phenolic OH excluding ortho intramolecular Hbond substituents is 1. The van der Waals surface area contributed by atoms with Gasteiger partial charge in [-0.15, -0.1) is 0 Å². The Bertz CT molecular complexity index is 815. The van der Waals surface area contributed by atoms with Crippen molar-refractivity contribution in [2.45, 2.75) is 12.8 Å². The van der Waals surface area contributed by atoms with Gasteiger partial charge in [-0.05, 0) is 36.8 Å². The maximum Gasteiger partial charge on any atom is 0.311 e. The van der Waals surface area contributed by atoms with Crippen molar-refractivity contribution < 1.29 is 19.6 Å². The Labute approximate surface area is 142 Å². The molecule has 0 aromatic heterocycles. The highest BCUT2D eigenvalue weighted by Gasteiger charge is 2.56. The van der Waals surface area contributed by atoms with Gasteiger partial charge >= 0.3 is 5.69 Å². The van der Waals surface area contributed by atoms with Crippen LogP contribution in [0.3, 0.4) is 0 Å². The molecular weight excluding hydrogens is 326 g/mol. The van der Waals surface area contributed by atoms with E-state index in [1.54, 1.807) is 0 Å². The Morgan fingerprint density at radius 3 is 2.28 bits per heavy atom. The van der Waals surface area contributed by atoms with Gasteiger partial charge in [0.1, 0.15) is 0 Å². The van der Waals surface area contributed by atoms with Crippen LogP contribution in [-0.2, 0) is 9.59 Å². The number of hydrazone groups is 1. The molecular formula is C17H15N3O5. The van der Waals surface area contributed by atoms with Crippen molar-refractivity contribution in [2.24, 2.45) is 28.8 Å². The van der Waals surface area contributed by atoms with Gasteiger partial charge in [-0.3, -0.25) is 19.7 Å². The van der Waals surface area contributed by atoms with Crippen molar-refractivity contribution in [1.29, 1.82) is 0 Å². The van der Waals surface area contributed by atoms with E-state index >= 15 is 0 Å². The molecule has 8 nitrogen and oxygen atoms in total. The molecule has 1 saturated carbocycles. The van der Waals surface area contributed by atoms with Crippen molar-refractivity contribution in [3.8, 4) is 5.75 Å². The van der Waals surface area contributed by atoms with Crippen LogP contribution in [0, 0.1) is 33.8 Å². The fourth-order valence-corrected chi connectivity index (χ4v) is 4.06. The first-order chi connectivity index (χ1) is 12.0. The van der Waals surface area contributed by atoms with Crippen LogP contribution in [0.1, 0.15) is 18.4 Å². The van der Waals surface area contributed by atoms with Gasteiger partial charge < -0.3 is 5.11 Å². The summed E-state index contributed by atoms with van der Waals surface area (Å²) in [6.07, 6.45) is 7.09. The SMILES string of the molecule is O=C1[C@@H]2[C@@H](C(=O)N1/N=C\c1ccc(O)c([N+](=O)[O-])c1)[C@H]1C=C[C@@H]2CC1. The molecule has 25 heavy (non-hydrogen) atoms. The normalized spacial score (nSPS) is 30.3. The van der Waals surface area contributed by atoms with Gasteiger partial charge in [0.2, 0.25) is 0 Å². The van der Waals surface area contributed by atoms with Crippen molar-refractivity contribution in [2.75, 3.05) is 0 Å². The predicted octanol–water partition coefficient (Wildman–Crippen LogP) is 1.83. The Balaban J connectivity index is 1.60. The Hall–Kier alpha value is -3.03. The number of benzene rings is 1. The second-order valence-corrected chi connectivity index (χ2v) is 6.58. The van der Waals surface area contributed by atoms with E-state index in [4.69, 9.17) is 0 Å². The summed E-state index contributed by atoms with van der Waals surface area (Å²) in [5.74, 6) is -1.59. The molecule has 5 rings (SSSR count). The highest BCUT2D eigenvalue weighted by atomic mass is 16.6. The number of nitro groups is 1. The smallest absolute Gasteiger partial charge is 0.311 e. The molecule has 2 bridgehead atoms. The quantitative estimate of drug-likeness (QED) is 0.296. The molecule has 1 aliphatic heterocycles. The first kappa shape index (κ1) is 15.5. The third-order valence-corrected chi connectivity index (χ3v) is 5.25. The van der Waals surface area contributed by atoms with Gasteiger partial charge in [-0.25, -0.2) is 0 Å². The molecule has 3 aliphatic carbocycles. The highest BCUT2D eigenvalue weighted by Crippen LogP contribution is 2.49. The summed E-state index contributed by atoms with van der Waals surface area (Å²) in [6, 6.07) is 3.74. The van der Waals surface area contributed by atoms with Crippen LogP contribution in [0.25, 0.3) is 0 Å². The number of fused-ring (bicyclic) bond motifs is 1. The van der Waals surface area contributed by atoms with Gasteiger partial charge in [0, 0.05) is 11.6 Å². The summed E-state index contributed by atoms with van der Waals surface area (Å²) < 4.78 is 0. The zero-order valence-electron chi connectivity index (χ0n) is 13.1. The second-order valence-electron chi connectivity index (χ2n) is 6.58. The zero-order valence-corrected chi connectivity index (χ0v) is 13.1. The average molecular weight is 341 g/mol. The summed E-state index contributed by atoms with van der Waals surface area (Å²) in [5, 5.41) is 25.2. The van der Waals surface area contributed by atoms with Crippen LogP contribution in [-0.4, -0.2) is 33.1 Å². The van der Waals surface area contributed by atoms with E-state index < -0.39 is 16.4 Å². The average Bonchev–Trinajstić information content (AvgIpc) is 2.88. The third kappa shape index (κ3) is 2.33. The van der Waals surface area contributed by atoms with Crippen molar-refractivity contribution in [3.05, 3.63) is 46.0 Å². The van der Waals surface area contributed by atoms with E-state index in [0.29, 0.717) is 5.56 Å². The van der Waals surface area contributed by atoms with E-state index in [2.05, 4.69) is 5.10 Å². The maximum atomic E-state index is 12.6. The Morgan fingerprint density at radius 1 is 1.16 bits per heavy atom. The highest BCUT2D eigenvalue weighted by molar-refractivity contribution is 6.06. The van der Waals surface area contributed by atoms with Crippen molar-refractivity contribution in [1.82, 2.24) is 5.01 Å². The molecule has 1 aromatic rings. The lowest BCUT2D eigenvalue weighted by Crippen LogP contribution is -2.38. The van der Waals surface area contributed by atoms with Gasteiger partial charge in [0.15, 0.2) is 5.75 Å². The summed E-state index contributed by atoms with van der Waals surface area (Å²) in [7, 11) is 0. The lowest BCUT2D eigenvalue weighted by molar-refractivity contribution is -0.385. The van der Waals surface area contributed by atoms with E-state index in [0.717, 1.165) is 23.9 Å². The lowest BCUT2D eigenvalue weighted by atomic mass is 9.63. The minimum Gasteiger partial charge on any atom is -0.502 e. The second kappa shape index (κ2) is 5.51. The maximum absolute atomic E-state index is 12.6. The van der Waals surface area contributed by atoms with Crippen LogP contribution in [0.5, 0.6) is 5.75 Å². The topological polar surface area (TPSA) is 113 Å². The third-order valence-electron chi connectivity index (χ3n) is 5.25. The molecule has 1 saturated heterocycles. The summed E-state index contributed by atoms with van der Waals surface area (Å²) in [5.41, 5.74) is -0.139. The zero-order chi connectivity index (χ0) is 17.7. The fourth-order valence-electron chi connectivity index (χ4n) is 4.06. The van der Waals surface area contributed by atoms with Gasteiger partial charge in [-0.1, -0.05) is 12.2 Å². The van der Waals surface area contributed by atoms with E-state index in [9.17, 15) is 24.8 Å². The number of allylic oxidation sites excluding steroid dienone is 2. The number of carbonyl (C=O) groups is 2. The monoisotopic (exact) mass is 341 g/mol. The van der Waals surface area contributed by atoms with Crippen molar-refractivity contribution >= 4 is 23.7 Å². The lowest BCUT2D eigenvalue weighted by Gasteiger charge is -2.37. The molecule has 0 spiro atoms. The Morgan fingerprint density at radius 2 is 1.76 bits per heavy atom. The van der Waals surface area contributed by atoms with Crippen LogP contribution >= 0.6 is 0 Å². The number of phenols is 1. The molecule has 1 heterocycles. The summed E-state index contributed by atoms with van der Waals surface area (Å²) >= 11 is 0. The number of hydrogen-bond acceptors (Lipinski definition) is 6. The van der Waals surface area contributed by atoms with Gasteiger partial charge in [0.25, 0.3) is 11.8 Å². The number of nitrogens with zero attached hydrogens (tertiary/aromatic N) is 3. The largest absolute Gasteiger partial charge is 0.502 e. The number of rotatable bonds is 3. The minimum absolute atomic E-state index is 0.0846. The fraction of sp³-hybridized carbons (Fsp3) is 0.353. The molecule has 0 radical (unpaired) electrons. The number of hydrogen-bond donors (Lipinski definition) is 1. The summed E-state index contributed by atoms with van der Waals surface area (Å²) in [6.45, 7) is 0. The minimum atomic E-state index is -0.712. The van der Waals surface area contributed by atoms with Crippen LogP contribution in [0.4, 0.5) is 5.69 Å². The van der Waals surface area contributed by atoms with Crippen LogP contribution < -0.4 is 0 Å². The molecule has 128 valence electrons. The van der Waals surface area contributed by atoms with E-state index in [1.165, 1.54) is 18.3 Å². The molecule has 2 fully saturated rings. The first-order valence-corrected chi connectivity index (χ1v) is 8.05. The molecule has 8 heteroatoms. The molecule has 2 amide bonds. The number of amides is 2. The number of carbonyl (C=O) groups excluding carboxylic acids is 2. The van der Waals surface area contributed by atoms with E-state index in [-0.39, 0.29) is 35.5 Å². The molecule has 0 unspecified atom stereocenters. The Kier molecular flexibility index (Phi) is 3.41. The molecule has 4 aliphatic rings. The standard InChI is InChI=1S/C17H15N3O5/c21-13-6-1-9(7-12(13)20(24)25)8-18-19-16(22)14-10-2-3-11(5-4-10)15(14)17(19)23/h1-3,6-8,10-11,14-15,21H,4-5H2/b18-8-/t10-,11+,14-,15-/m0/s1. The molecule has 1 N–H and O–H groups in total. The van der Waals surface area contributed by atoms with Gasteiger partial charge in [-0.2, -0.15) is 10.1 Å². The van der Waals surface area contributed by atoms with Gasteiger partial charge in [0.05, 0.1) is 23.0 Å². The molecule has 4 atom stereocenters. The van der Waals surface area contributed by atoms with Crippen LogP contribution in [0.2, 0.25) is 0 Å². The molecule has 1 aromatic carbocycles. The number of aromatic hydroxyl groups is 1. The first-order valence-electron chi connectivity index (χ1n) is 8.05. The summed E-state index contributed by atoms with van der Waals surface area (Å²) in [4.78, 5) is 35.4. The van der Waals surface area contributed by atoms with Crippen molar-refractivity contribution in [3.63, 3.8) is 0 Å². The van der Waals surface area contributed by atoms with E-state index in [1.807, 2.05) is 12.2 Å². The predicted molar refractivity (Wildman–Crippen MR) is 86.5 cm³/mol. The number of nitro benzene ring substituents is 1. The number of imide groups is 1.